The maximum atomic E-state index is 12.0. The first-order chi connectivity index (χ1) is 9.08. The van der Waals surface area contributed by atoms with Crippen molar-refractivity contribution in [3.05, 3.63) is 18.3 Å². The lowest BCUT2D eigenvalue weighted by Gasteiger charge is -2.21. The summed E-state index contributed by atoms with van der Waals surface area (Å²) in [6.07, 6.45) is 8.54. The number of nitrogens with zero attached hydrogens (tertiary/aromatic N) is 1. The molecule has 106 valence electrons. The van der Waals surface area contributed by atoms with Crippen LogP contribution < -0.4 is 10.5 Å². The van der Waals surface area contributed by atoms with Crippen molar-refractivity contribution in [3.63, 3.8) is 0 Å². The van der Waals surface area contributed by atoms with Crippen molar-refractivity contribution < 1.29 is 8.42 Å². The van der Waals surface area contributed by atoms with Crippen molar-refractivity contribution in [1.29, 1.82) is 0 Å². The molecule has 1 aromatic rings. The zero-order valence-electron chi connectivity index (χ0n) is 11.0. The molecule has 0 atom stereocenters. The van der Waals surface area contributed by atoms with Gasteiger partial charge in [-0.05, 0) is 24.5 Å². The predicted molar refractivity (Wildman–Crippen MR) is 75.0 cm³/mol. The lowest BCUT2D eigenvalue weighted by molar-refractivity contribution is 0.339. The van der Waals surface area contributed by atoms with Crippen LogP contribution in [0.5, 0.6) is 0 Å². The van der Waals surface area contributed by atoms with E-state index < -0.39 is 10.0 Å². The van der Waals surface area contributed by atoms with Gasteiger partial charge in [-0.15, -0.1) is 0 Å². The van der Waals surface area contributed by atoms with E-state index in [0.717, 1.165) is 6.42 Å². The van der Waals surface area contributed by atoms with Gasteiger partial charge in [-0.1, -0.05) is 32.1 Å². The number of nitrogen functional groups attached to an aromatic ring is 1. The fourth-order valence-corrected chi connectivity index (χ4v) is 3.50. The zero-order valence-corrected chi connectivity index (χ0v) is 11.8. The topological polar surface area (TPSA) is 85.1 Å². The van der Waals surface area contributed by atoms with Crippen LogP contribution in [0.2, 0.25) is 0 Å². The van der Waals surface area contributed by atoms with Gasteiger partial charge in [0.25, 0.3) is 0 Å². The van der Waals surface area contributed by atoms with Crippen LogP contribution >= 0.6 is 0 Å². The monoisotopic (exact) mass is 283 g/mol. The van der Waals surface area contributed by atoms with Gasteiger partial charge in [0.1, 0.15) is 10.7 Å². The van der Waals surface area contributed by atoms with Gasteiger partial charge < -0.3 is 5.73 Å². The third kappa shape index (κ3) is 4.18. The second kappa shape index (κ2) is 6.34. The predicted octanol–water partition coefficient (Wildman–Crippen LogP) is 1.91. The highest BCUT2D eigenvalue weighted by atomic mass is 32.2. The molecular weight excluding hydrogens is 262 g/mol. The fraction of sp³-hybridized carbons (Fsp3) is 0.615. The Bertz CT molecular complexity index is 493. The number of rotatable bonds is 5. The zero-order chi connectivity index (χ0) is 13.7. The highest BCUT2D eigenvalue weighted by Gasteiger charge is 2.17. The maximum absolute atomic E-state index is 12.0. The highest BCUT2D eigenvalue weighted by molar-refractivity contribution is 7.89. The second-order valence-corrected chi connectivity index (χ2v) is 6.88. The van der Waals surface area contributed by atoms with Gasteiger partial charge in [0, 0.05) is 12.7 Å². The fourth-order valence-electron chi connectivity index (χ4n) is 2.51. The van der Waals surface area contributed by atoms with Crippen molar-refractivity contribution >= 4 is 15.8 Å². The van der Waals surface area contributed by atoms with Crippen molar-refractivity contribution in [3.8, 4) is 0 Å². The molecule has 0 aliphatic heterocycles. The van der Waals surface area contributed by atoms with Crippen LogP contribution in [0, 0.1) is 5.92 Å². The number of sulfonamides is 1. The summed E-state index contributed by atoms with van der Waals surface area (Å²) in [6, 6.07) is 2.97. The molecule has 2 rings (SSSR count). The minimum absolute atomic E-state index is 0.172. The van der Waals surface area contributed by atoms with Crippen LogP contribution in [-0.4, -0.2) is 19.9 Å². The van der Waals surface area contributed by atoms with Gasteiger partial charge in [-0.25, -0.2) is 18.1 Å². The molecule has 5 nitrogen and oxygen atoms in total. The van der Waals surface area contributed by atoms with E-state index in [2.05, 4.69) is 9.71 Å². The first-order valence-electron chi connectivity index (χ1n) is 6.79. The molecule has 1 saturated carbocycles. The van der Waals surface area contributed by atoms with Crippen molar-refractivity contribution in [2.75, 3.05) is 12.3 Å². The molecule has 3 N–H and O–H groups in total. The Morgan fingerprint density at radius 1 is 1.26 bits per heavy atom. The summed E-state index contributed by atoms with van der Waals surface area (Å²) in [4.78, 5) is 3.97. The lowest BCUT2D eigenvalue weighted by atomic mass is 9.87. The first-order valence-corrected chi connectivity index (χ1v) is 8.27. The Balaban J connectivity index is 1.85. The summed E-state index contributed by atoms with van der Waals surface area (Å²) in [6.45, 7) is 0.497. The molecule has 1 heterocycles. The molecule has 0 spiro atoms. The SMILES string of the molecule is Nc1ccc(S(=O)(=O)NCCC2CCCCC2)cn1. The standard InChI is InChI=1S/C13H21N3O2S/c14-13-7-6-12(10-15-13)19(17,18)16-9-8-11-4-2-1-3-5-11/h6-7,10-11,16H,1-5,8-9H2,(H2,14,15). The van der Waals surface area contributed by atoms with E-state index in [0.29, 0.717) is 18.3 Å². The van der Waals surface area contributed by atoms with Crippen LogP contribution in [0.25, 0.3) is 0 Å². The van der Waals surface area contributed by atoms with Gasteiger partial charge in [-0.3, -0.25) is 0 Å². The molecule has 0 unspecified atom stereocenters. The smallest absolute Gasteiger partial charge is 0.242 e. The van der Waals surface area contributed by atoms with E-state index in [9.17, 15) is 8.42 Å². The van der Waals surface area contributed by atoms with Crippen molar-refractivity contribution in [2.24, 2.45) is 5.92 Å². The average Bonchev–Trinajstić information content (AvgIpc) is 2.40. The molecule has 6 heteroatoms. The normalized spacial score (nSPS) is 17.5. The third-order valence-electron chi connectivity index (χ3n) is 3.64. The van der Waals surface area contributed by atoms with E-state index in [4.69, 9.17) is 5.73 Å². The molecule has 0 aromatic carbocycles. The van der Waals surface area contributed by atoms with E-state index in [1.165, 1.54) is 50.4 Å². The Labute approximate surface area is 114 Å². The number of hydrogen-bond acceptors (Lipinski definition) is 4. The molecule has 1 fully saturated rings. The minimum atomic E-state index is -3.45. The van der Waals surface area contributed by atoms with Crippen LogP contribution in [0.15, 0.2) is 23.2 Å². The average molecular weight is 283 g/mol. The van der Waals surface area contributed by atoms with Crippen LogP contribution in [0.4, 0.5) is 5.82 Å². The van der Waals surface area contributed by atoms with Gasteiger partial charge in [0.2, 0.25) is 10.0 Å². The Kier molecular flexibility index (Phi) is 4.76. The van der Waals surface area contributed by atoms with Crippen molar-refractivity contribution in [1.82, 2.24) is 9.71 Å². The van der Waals surface area contributed by atoms with E-state index in [-0.39, 0.29) is 4.90 Å². The largest absolute Gasteiger partial charge is 0.384 e. The van der Waals surface area contributed by atoms with Crippen molar-refractivity contribution in [2.45, 2.75) is 43.4 Å². The molecular formula is C13H21N3O2S. The van der Waals surface area contributed by atoms with Gasteiger partial charge in [0.15, 0.2) is 0 Å². The molecule has 1 aromatic heterocycles. The van der Waals surface area contributed by atoms with Gasteiger partial charge >= 0.3 is 0 Å². The molecule has 0 saturated heterocycles. The third-order valence-corrected chi connectivity index (χ3v) is 5.09. The molecule has 1 aliphatic carbocycles. The molecule has 0 radical (unpaired) electrons. The number of nitrogens with two attached hydrogens (primary N) is 1. The number of anilines is 1. The van der Waals surface area contributed by atoms with E-state index in [1.807, 2.05) is 0 Å². The van der Waals surface area contributed by atoms with Gasteiger partial charge in [0.05, 0.1) is 0 Å². The number of nitrogens with one attached hydrogen (secondary N) is 1. The molecule has 0 bridgehead atoms. The molecule has 19 heavy (non-hydrogen) atoms. The summed E-state index contributed by atoms with van der Waals surface area (Å²) >= 11 is 0. The van der Waals surface area contributed by atoms with Crippen LogP contribution in [-0.2, 0) is 10.0 Å². The van der Waals surface area contributed by atoms with Crippen LogP contribution in [0.3, 0.4) is 0 Å². The van der Waals surface area contributed by atoms with Gasteiger partial charge in [-0.2, -0.15) is 0 Å². The summed E-state index contributed by atoms with van der Waals surface area (Å²) in [5.41, 5.74) is 5.44. The number of pyridine rings is 1. The van der Waals surface area contributed by atoms with E-state index in [1.54, 1.807) is 0 Å². The summed E-state index contributed by atoms with van der Waals surface area (Å²) in [7, 11) is -3.45. The Hall–Kier alpha value is -1.14. The Morgan fingerprint density at radius 3 is 2.63 bits per heavy atom. The van der Waals surface area contributed by atoms with Crippen LogP contribution in [0.1, 0.15) is 38.5 Å². The lowest BCUT2D eigenvalue weighted by Crippen LogP contribution is -2.26. The molecule has 0 amide bonds. The summed E-state index contributed by atoms with van der Waals surface area (Å²) in [5.74, 6) is 0.988. The number of hydrogen-bond donors (Lipinski definition) is 2. The second-order valence-electron chi connectivity index (χ2n) is 5.11. The maximum Gasteiger partial charge on any atom is 0.242 e. The number of aromatic nitrogens is 1. The first kappa shape index (κ1) is 14.3. The summed E-state index contributed by atoms with van der Waals surface area (Å²) < 4.78 is 26.6. The Morgan fingerprint density at radius 2 is 2.00 bits per heavy atom. The summed E-state index contributed by atoms with van der Waals surface area (Å²) in [5, 5.41) is 0. The minimum Gasteiger partial charge on any atom is -0.384 e. The molecule has 1 aliphatic rings. The quantitative estimate of drug-likeness (QED) is 0.864. The highest BCUT2D eigenvalue weighted by Crippen LogP contribution is 2.25. The van der Waals surface area contributed by atoms with E-state index >= 15 is 0 Å².